The molecule has 1 amide bonds. The first-order valence-electron chi connectivity index (χ1n) is 6.04. The van der Waals surface area contributed by atoms with Gasteiger partial charge in [0.1, 0.15) is 0 Å². The number of anilines is 1. The maximum atomic E-state index is 12.5. The fraction of sp³-hybridized carbons (Fsp3) is 0.308. The van der Waals surface area contributed by atoms with Gasteiger partial charge in [0.05, 0.1) is 17.2 Å². The minimum atomic E-state index is -4.52. The van der Waals surface area contributed by atoms with Gasteiger partial charge < -0.3 is 5.32 Å². The second-order valence-electron chi connectivity index (χ2n) is 4.25. The maximum absolute atomic E-state index is 12.5. The highest BCUT2D eigenvalue weighted by Crippen LogP contribution is 2.28. The second kappa shape index (κ2) is 5.44. The van der Waals surface area contributed by atoms with Crippen molar-refractivity contribution in [1.29, 1.82) is 0 Å². The van der Waals surface area contributed by atoms with Crippen molar-refractivity contribution in [3.05, 3.63) is 30.1 Å². The first-order chi connectivity index (χ1) is 9.40. The van der Waals surface area contributed by atoms with Crippen LogP contribution in [0.15, 0.2) is 24.4 Å². The number of nitrogens with one attached hydrogen (secondary N) is 1. The normalized spacial score (nSPS) is 11.6. The molecule has 1 aromatic carbocycles. The highest BCUT2D eigenvalue weighted by Gasteiger charge is 2.33. The smallest absolute Gasteiger partial charge is 0.326 e. The molecule has 1 N–H and O–H groups in total. The lowest BCUT2D eigenvalue weighted by molar-refractivity contribution is -0.141. The van der Waals surface area contributed by atoms with Gasteiger partial charge in [0, 0.05) is 12.1 Å². The zero-order chi connectivity index (χ0) is 14.8. The van der Waals surface area contributed by atoms with Gasteiger partial charge in [-0.2, -0.15) is 13.2 Å². The van der Waals surface area contributed by atoms with Gasteiger partial charge in [0.25, 0.3) is 0 Å². The molecular weight excluding hydrogens is 271 g/mol. The summed E-state index contributed by atoms with van der Waals surface area (Å²) >= 11 is 0. The van der Waals surface area contributed by atoms with Crippen LogP contribution in [0.4, 0.5) is 18.9 Å². The summed E-state index contributed by atoms with van der Waals surface area (Å²) in [4.78, 5) is 18.7. The quantitative estimate of drug-likeness (QED) is 0.939. The van der Waals surface area contributed by atoms with E-state index in [2.05, 4.69) is 15.3 Å². The number of carbonyl (C=O) groups excluding carboxylic acids is 1. The Labute approximate surface area is 113 Å². The SMILES string of the molecule is CCCC(=O)Nc1ccc2nc(C(F)(F)F)cnc2c1. The molecule has 0 saturated carbocycles. The Bertz CT molecular complexity index is 640. The molecule has 106 valence electrons. The standard InChI is InChI=1S/C13H12F3N3O/c1-2-3-12(20)18-8-4-5-9-10(6-8)17-7-11(19-9)13(14,15)16/h4-7H,2-3H2,1H3,(H,18,20). The predicted molar refractivity (Wildman–Crippen MR) is 68.1 cm³/mol. The summed E-state index contributed by atoms with van der Waals surface area (Å²) in [6.45, 7) is 1.88. The fourth-order valence-corrected chi connectivity index (χ4v) is 1.68. The van der Waals surface area contributed by atoms with Crippen LogP contribution >= 0.6 is 0 Å². The van der Waals surface area contributed by atoms with Gasteiger partial charge in [-0.05, 0) is 24.6 Å². The highest BCUT2D eigenvalue weighted by molar-refractivity contribution is 5.92. The van der Waals surface area contributed by atoms with Crippen molar-refractivity contribution < 1.29 is 18.0 Å². The van der Waals surface area contributed by atoms with Crippen LogP contribution in [0.2, 0.25) is 0 Å². The van der Waals surface area contributed by atoms with E-state index >= 15 is 0 Å². The molecule has 0 aliphatic heterocycles. The summed E-state index contributed by atoms with van der Waals surface area (Å²) in [5.74, 6) is -0.147. The van der Waals surface area contributed by atoms with Crippen LogP contribution in [0.25, 0.3) is 11.0 Å². The molecule has 2 aromatic rings. The molecule has 0 atom stereocenters. The number of halogens is 3. The summed E-state index contributed by atoms with van der Waals surface area (Å²) < 4.78 is 37.5. The number of hydrogen-bond acceptors (Lipinski definition) is 3. The zero-order valence-electron chi connectivity index (χ0n) is 10.7. The number of nitrogens with zero attached hydrogens (tertiary/aromatic N) is 2. The minimum absolute atomic E-state index is 0.133. The van der Waals surface area contributed by atoms with Crippen LogP contribution in [0.5, 0.6) is 0 Å². The van der Waals surface area contributed by atoms with Gasteiger partial charge in [-0.3, -0.25) is 9.78 Å². The van der Waals surface area contributed by atoms with Crippen molar-refractivity contribution in [3.8, 4) is 0 Å². The maximum Gasteiger partial charge on any atom is 0.434 e. The number of benzene rings is 1. The summed E-state index contributed by atoms with van der Waals surface area (Å²) in [5.41, 5.74) is -0.113. The molecule has 0 unspecified atom stereocenters. The van der Waals surface area contributed by atoms with Crippen molar-refractivity contribution >= 4 is 22.6 Å². The number of rotatable bonds is 3. The molecule has 0 spiro atoms. The van der Waals surface area contributed by atoms with Crippen LogP contribution in [0.3, 0.4) is 0 Å². The van der Waals surface area contributed by atoms with Crippen molar-refractivity contribution in [2.45, 2.75) is 25.9 Å². The molecule has 4 nitrogen and oxygen atoms in total. The van der Waals surface area contributed by atoms with Crippen LogP contribution in [-0.2, 0) is 11.0 Å². The highest BCUT2D eigenvalue weighted by atomic mass is 19.4. The van der Waals surface area contributed by atoms with Crippen LogP contribution in [-0.4, -0.2) is 15.9 Å². The first kappa shape index (κ1) is 14.2. The summed E-state index contributed by atoms with van der Waals surface area (Å²) in [6, 6.07) is 4.40. The van der Waals surface area contributed by atoms with Crippen molar-refractivity contribution in [2.24, 2.45) is 0 Å². The third-order valence-corrected chi connectivity index (χ3v) is 2.59. The van der Waals surface area contributed by atoms with Crippen LogP contribution < -0.4 is 5.32 Å². The topological polar surface area (TPSA) is 54.9 Å². The van der Waals surface area contributed by atoms with E-state index < -0.39 is 11.9 Å². The summed E-state index contributed by atoms with van der Waals surface area (Å²) in [6.07, 6.45) is -2.74. The van der Waals surface area contributed by atoms with E-state index in [1.807, 2.05) is 6.92 Å². The molecule has 0 radical (unpaired) electrons. The molecule has 0 bridgehead atoms. The summed E-state index contributed by atoms with van der Waals surface area (Å²) in [7, 11) is 0. The van der Waals surface area contributed by atoms with Crippen molar-refractivity contribution in [1.82, 2.24) is 9.97 Å². The molecule has 0 fully saturated rings. The molecule has 0 saturated heterocycles. The Kier molecular flexibility index (Phi) is 3.87. The minimum Gasteiger partial charge on any atom is -0.326 e. The Morgan fingerprint density at radius 2 is 2.05 bits per heavy atom. The Morgan fingerprint density at radius 1 is 1.30 bits per heavy atom. The molecule has 0 aliphatic carbocycles. The van der Waals surface area contributed by atoms with E-state index in [1.54, 1.807) is 0 Å². The number of carbonyl (C=O) groups is 1. The molecule has 7 heteroatoms. The van der Waals surface area contributed by atoms with E-state index in [-0.39, 0.29) is 11.4 Å². The average molecular weight is 283 g/mol. The van der Waals surface area contributed by atoms with E-state index in [9.17, 15) is 18.0 Å². The van der Waals surface area contributed by atoms with Gasteiger partial charge in [0.2, 0.25) is 5.91 Å². The number of aromatic nitrogens is 2. The van der Waals surface area contributed by atoms with Gasteiger partial charge in [0.15, 0.2) is 5.69 Å². The van der Waals surface area contributed by atoms with Gasteiger partial charge in [-0.25, -0.2) is 4.98 Å². The van der Waals surface area contributed by atoms with Gasteiger partial charge >= 0.3 is 6.18 Å². The second-order valence-corrected chi connectivity index (χ2v) is 4.25. The lowest BCUT2D eigenvalue weighted by Gasteiger charge is -2.08. The number of alkyl halides is 3. The Hall–Kier alpha value is -2.18. The van der Waals surface area contributed by atoms with Crippen molar-refractivity contribution in [3.63, 3.8) is 0 Å². The van der Waals surface area contributed by atoms with E-state index in [0.717, 1.165) is 0 Å². The first-order valence-corrected chi connectivity index (χ1v) is 6.04. The predicted octanol–water partition coefficient (Wildman–Crippen LogP) is 3.39. The zero-order valence-corrected chi connectivity index (χ0v) is 10.7. The van der Waals surface area contributed by atoms with Gasteiger partial charge in [-0.15, -0.1) is 0 Å². The molecule has 20 heavy (non-hydrogen) atoms. The molecule has 2 rings (SSSR count). The molecule has 1 heterocycles. The summed E-state index contributed by atoms with van der Waals surface area (Å²) in [5, 5.41) is 2.65. The van der Waals surface area contributed by atoms with Gasteiger partial charge in [-0.1, -0.05) is 6.92 Å². The largest absolute Gasteiger partial charge is 0.434 e. The molecule has 1 aromatic heterocycles. The lowest BCUT2D eigenvalue weighted by atomic mass is 10.2. The monoisotopic (exact) mass is 283 g/mol. The lowest BCUT2D eigenvalue weighted by Crippen LogP contribution is -2.11. The third kappa shape index (κ3) is 3.23. The number of fused-ring (bicyclic) bond motifs is 1. The van der Waals surface area contributed by atoms with E-state index in [1.165, 1.54) is 18.2 Å². The van der Waals surface area contributed by atoms with Crippen molar-refractivity contribution in [2.75, 3.05) is 5.32 Å². The Balaban J connectivity index is 2.30. The van der Waals surface area contributed by atoms with E-state index in [4.69, 9.17) is 0 Å². The number of amides is 1. The molecule has 0 aliphatic rings. The average Bonchev–Trinajstić information content (AvgIpc) is 2.37. The van der Waals surface area contributed by atoms with E-state index in [0.29, 0.717) is 30.2 Å². The fourth-order valence-electron chi connectivity index (χ4n) is 1.68. The third-order valence-electron chi connectivity index (χ3n) is 2.59. The van der Waals surface area contributed by atoms with Crippen LogP contribution in [0, 0.1) is 0 Å². The number of hydrogen-bond donors (Lipinski definition) is 1. The molecular formula is C13H12F3N3O. The Morgan fingerprint density at radius 3 is 2.70 bits per heavy atom. The van der Waals surface area contributed by atoms with Crippen LogP contribution in [0.1, 0.15) is 25.5 Å².